The quantitative estimate of drug-likeness (QED) is 0.671. The van der Waals surface area contributed by atoms with Crippen LogP contribution in [0.3, 0.4) is 0 Å². The van der Waals surface area contributed by atoms with Gasteiger partial charge in [-0.2, -0.15) is 0 Å². The monoisotopic (exact) mass is 305 g/mol. The highest BCUT2D eigenvalue weighted by Crippen LogP contribution is 2.27. The van der Waals surface area contributed by atoms with E-state index in [0.29, 0.717) is 9.50 Å². The molecule has 0 spiro atoms. The first-order valence-electron chi connectivity index (χ1n) is 5.01. The summed E-state index contributed by atoms with van der Waals surface area (Å²) in [5.41, 5.74) is 0.0626. The second kappa shape index (κ2) is 4.82. The molecule has 5 heteroatoms. The number of halogens is 3. The van der Waals surface area contributed by atoms with Gasteiger partial charge in [0.25, 0.3) is 0 Å². The Morgan fingerprint density at radius 1 is 1.56 bits per heavy atom. The Balaban J connectivity index is 2.32. The molecular weight excluding hydrogens is 296 g/mol. The van der Waals surface area contributed by atoms with Crippen molar-refractivity contribution in [3.8, 4) is 0 Å². The van der Waals surface area contributed by atoms with E-state index >= 15 is 0 Å². The Morgan fingerprint density at radius 2 is 2.31 bits per heavy atom. The van der Waals surface area contributed by atoms with Crippen LogP contribution in [0.2, 0.25) is 5.02 Å². The van der Waals surface area contributed by atoms with Gasteiger partial charge in [0.05, 0.1) is 16.6 Å². The van der Waals surface area contributed by atoms with Gasteiger partial charge in [-0.25, -0.2) is 4.39 Å². The molecule has 0 saturated carbocycles. The third-order valence-electron chi connectivity index (χ3n) is 2.65. The number of Topliss-reactive ketones (excluding diaryl/α,β-unsaturated/α-hetero) is 1. The van der Waals surface area contributed by atoms with Crippen LogP contribution in [0, 0.1) is 5.82 Å². The Labute approximate surface area is 106 Å². The van der Waals surface area contributed by atoms with E-state index in [-0.39, 0.29) is 17.4 Å². The largest absolute Gasteiger partial charge is 0.307 e. The molecule has 16 heavy (non-hydrogen) atoms. The lowest BCUT2D eigenvalue weighted by Crippen LogP contribution is -2.31. The fraction of sp³-hybridized carbons (Fsp3) is 0.364. The lowest BCUT2D eigenvalue weighted by Gasteiger charge is -2.10. The van der Waals surface area contributed by atoms with Crippen molar-refractivity contribution in [2.45, 2.75) is 18.9 Å². The molecular formula is C11H10BrClFNO. The van der Waals surface area contributed by atoms with Crippen molar-refractivity contribution >= 4 is 33.3 Å². The molecule has 1 N–H and O–H groups in total. The molecule has 1 fully saturated rings. The minimum Gasteiger partial charge on any atom is -0.307 e. The second-order valence-electron chi connectivity index (χ2n) is 3.76. The van der Waals surface area contributed by atoms with Gasteiger partial charge in [-0.05, 0) is 47.4 Å². The Morgan fingerprint density at radius 3 is 2.94 bits per heavy atom. The minimum absolute atomic E-state index is 0.0626. The third-order valence-corrected chi connectivity index (χ3v) is 3.85. The normalized spacial score (nSPS) is 20.1. The number of carbonyl (C=O) groups excluding carboxylic acids is 1. The zero-order chi connectivity index (χ0) is 11.7. The number of hydrogen-bond donors (Lipinski definition) is 1. The highest BCUT2D eigenvalue weighted by atomic mass is 79.9. The van der Waals surface area contributed by atoms with Gasteiger partial charge in [0.2, 0.25) is 0 Å². The first-order chi connectivity index (χ1) is 7.59. The predicted octanol–water partition coefficient (Wildman–Crippen LogP) is 3.18. The smallest absolute Gasteiger partial charge is 0.182 e. The summed E-state index contributed by atoms with van der Waals surface area (Å²) in [5.74, 6) is -0.751. The van der Waals surface area contributed by atoms with E-state index in [4.69, 9.17) is 11.6 Å². The van der Waals surface area contributed by atoms with Gasteiger partial charge in [0.1, 0.15) is 5.82 Å². The van der Waals surface area contributed by atoms with Crippen LogP contribution in [-0.4, -0.2) is 18.4 Å². The summed E-state index contributed by atoms with van der Waals surface area (Å²) in [6.07, 6.45) is 1.70. The van der Waals surface area contributed by atoms with Crippen LogP contribution in [0.15, 0.2) is 16.6 Å². The Kier molecular flexibility index (Phi) is 3.62. The topological polar surface area (TPSA) is 29.1 Å². The molecule has 86 valence electrons. The zero-order valence-corrected chi connectivity index (χ0v) is 10.7. The van der Waals surface area contributed by atoms with E-state index in [9.17, 15) is 9.18 Å². The summed E-state index contributed by atoms with van der Waals surface area (Å²) in [7, 11) is 0. The lowest BCUT2D eigenvalue weighted by atomic mass is 10.0. The highest BCUT2D eigenvalue weighted by molar-refractivity contribution is 9.10. The van der Waals surface area contributed by atoms with Crippen LogP contribution < -0.4 is 5.32 Å². The van der Waals surface area contributed by atoms with Crippen molar-refractivity contribution in [2.75, 3.05) is 6.54 Å². The molecule has 0 bridgehead atoms. The van der Waals surface area contributed by atoms with Gasteiger partial charge in [0.15, 0.2) is 5.78 Å². The van der Waals surface area contributed by atoms with Crippen molar-refractivity contribution in [3.05, 3.63) is 33.0 Å². The number of rotatable bonds is 2. The fourth-order valence-electron chi connectivity index (χ4n) is 1.81. The molecule has 1 atom stereocenters. The summed E-state index contributed by atoms with van der Waals surface area (Å²) in [5, 5.41) is 3.39. The van der Waals surface area contributed by atoms with E-state index in [2.05, 4.69) is 21.2 Å². The van der Waals surface area contributed by atoms with Crippen LogP contribution in [-0.2, 0) is 0 Å². The zero-order valence-electron chi connectivity index (χ0n) is 8.40. The summed E-state index contributed by atoms with van der Waals surface area (Å²) < 4.78 is 14.1. The SMILES string of the molecule is O=C(c1cc(Cl)c(Br)cc1F)C1CCCN1. The number of hydrogen-bond acceptors (Lipinski definition) is 2. The van der Waals surface area contributed by atoms with Crippen LogP contribution in [0.5, 0.6) is 0 Å². The molecule has 1 heterocycles. The molecule has 1 aromatic rings. The van der Waals surface area contributed by atoms with Crippen molar-refractivity contribution in [3.63, 3.8) is 0 Å². The van der Waals surface area contributed by atoms with E-state index in [1.54, 1.807) is 0 Å². The second-order valence-corrected chi connectivity index (χ2v) is 5.02. The number of nitrogens with one attached hydrogen (secondary N) is 1. The van der Waals surface area contributed by atoms with Crippen LogP contribution in [0.1, 0.15) is 23.2 Å². The summed E-state index contributed by atoms with van der Waals surface area (Å²) in [6, 6.07) is 2.33. The molecule has 0 aliphatic carbocycles. The van der Waals surface area contributed by atoms with E-state index in [1.807, 2.05) is 0 Å². The van der Waals surface area contributed by atoms with E-state index < -0.39 is 5.82 Å². The predicted molar refractivity (Wildman–Crippen MR) is 64.5 cm³/mol. The lowest BCUT2D eigenvalue weighted by molar-refractivity contribution is 0.0948. The molecule has 2 rings (SSSR count). The van der Waals surface area contributed by atoms with Gasteiger partial charge < -0.3 is 5.32 Å². The standard InChI is InChI=1S/C11H10BrClFNO/c12-7-5-9(14)6(4-8(7)13)11(16)10-2-1-3-15-10/h4-5,10,15H,1-3H2. The molecule has 0 amide bonds. The average Bonchev–Trinajstić information content (AvgIpc) is 2.75. The van der Waals surface area contributed by atoms with E-state index in [0.717, 1.165) is 19.4 Å². The van der Waals surface area contributed by atoms with Gasteiger partial charge >= 0.3 is 0 Å². The first kappa shape index (κ1) is 12.0. The molecule has 0 aromatic heterocycles. The van der Waals surface area contributed by atoms with Crippen molar-refractivity contribution in [1.82, 2.24) is 5.32 Å². The van der Waals surface area contributed by atoms with Crippen LogP contribution in [0.4, 0.5) is 4.39 Å². The van der Waals surface area contributed by atoms with Crippen molar-refractivity contribution in [1.29, 1.82) is 0 Å². The number of benzene rings is 1. The van der Waals surface area contributed by atoms with Crippen LogP contribution >= 0.6 is 27.5 Å². The molecule has 2 nitrogen and oxygen atoms in total. The first-order valence-corrected chi connectivity index (χ1v) is 6.19. The molecule has 0 radical (unpaired) electrons. The van der Waals surface area contributed by atoms with Gasteiger partial charge in [-0.3, -0.25) is 4.79 Å². The number of carbonyl (C=O) groups is 1. The van der Waals surface area contributed by atoms with Gasteiger partial charge in [-0.15, -0.1) is 0 Å². The summed E-state index contributed by atoms with van der Waals surface area (Å²) in [6.45, 7) is 0.808. The van der Waals surface area contributed by atoms with Crippen molar-refractivity contribution in [2.24, 2.45) is 0 Å². The molecule has 1 saturated heterocycles. The Bertz CT molecular complexity index is 432. The van der Waals surface area contributed by atoms with E-state index in [1.165, 1.54) is 12.1 Å². The summed E-state index contributed by atoms with van der Waals surface area (Å²) in [4.78, 5) is 12.0. The maximum Gasteiger partial charge on any atom is 0.182 e. The molecule has 1 aliphatic rings. The average molecular weight is 307 g/mol. The number of ketones is 1. The third kappa shape index (κ3) is 2.29. The maximum atomic E-state index is 13.6. The fourth-order valence-corrected chi connectivity index (χ4v) is 2.29. The molecule has 1 unspecified atom stereocenters. The van der Waals surface area contributed by atoms with Gasteiger partial charge in [0, 0.05) is 4.47 Å². The van der Waals surface area contributed by atoms with Gasteiger partial charge in [-0.1, -0.05) is 11.6 Å². The Hall–Kier alpha value is -0.450. The minimum atomic E-state index is -0.532. The maximum absolute atomic E-state index is 13.6. The highest BCUT2D eigenvalue weighted by Gasteiger charge is 2.25. The van der Waals surface area contributed by atoms with Crippen molar-refractivity contribution < 1.29 is 9.18 Å². The molecule has 1 aliphatic heterocycles. The van der Waals surface area contributed by atoms with Crippen LogP contribution in [0.25, 0.3) is 0 Å². The summed E-state index contributed by atoms with van der Waals surface area (Å²) >= 11 is 8.96. The molecule has 1 aromatic carbocycles.